The quantitative estimate of drug-likeness (QED) is 0.701. The van der Waals surface area contributed by atoms with Gasteiger partial charge in [-0.25, -0.2) is 4.68 Å². The van der Waals surface area contributed by atoms with Crippen LogP contribution in [0.25, 0.3) is 10.8 Å². The number of fused-ring (bicyclic) bond motifs is 1. The van der Waals surface area contributed by atoms with Gasteiger partial charge in [-0.1, -0.05) is 24.3 Å². The zero-order valence-corrected chi connectivity index (χ0v) is 14.3. The van der Waals surface area contributed by atoms with E-state index in [9.17, 15) is 14.4 Å². The summed E-state index contributed by atoms with van der Waals surface area (Å²) in [7, 11) is 1.59. The molecule has 1 aromatic heterocycles. The standard InChI is InChI=1S/C19H19N3O4/c1-26-14-8-6-13(7-9-14)12-20-17(23)10-11-22-19(25)16-5-3-2-4-15(16)18(24)21-22/h2-9H,10-12H2,1H3,(H,20,23)(H,21,24). The molecule has 7 nitrogen and oxygen atoms in total. The third-order valence-electron chi connectivity index (χ3n) is 4.09. The number of carbonyl (C=O) groups excluding carboxylic acids is 1. The number of amides is 1. The molecule has 3 aromatic rings. The Morgan fingerprint density at radius 2 is 1.77 bits per heavy atom. The summed E-state index contributed by atoms with van der Waals surface area (Å²) < 4.78 is 6.26. The molecule has 0 aliphatic rings. The number of benzene rings is 2. The molecule has 2 aromatic carbocycles. The van der Waals surface area contributed by atoms with Crippen LogP contribution in [0.15, 0.2) is 58.1 Å². The van der Waals surface area contributed by atoms with Crippen molar-refractivity contribution < 1.29 is 9.53 Å². The summed E-state index contributed by atoms with van der Waals surface area (Å²) in [6.07, 6.45) is 0.0876. The fourth-order valence-corrected chi connectivity index (χ4v) is 2.65. The lowest BCUT2D eigenvalue weighted by atomic mass is 10.2. The largest absolute Gasteiger partial charge is 0.497 e. The number of hydrogen-bond acceptors (Lipinski definition) is 4. The number of ether oxygens (including phenoxy) is 1. The van der Waals surface area contributed by atoms with Gasteiger partial charge in [0.2, 0.25) is 5.91 Å². The van der Waals surface area contributed by atoms with Crippen molar-refractivity contribution in [3.8, 4) is 5.75 Å². The third kappa shape index (κ3) is 3.83. The van der Waals surface area contributed by atoms with Crippen LogP contribution in [0.4, 0.5) is 0 Å². The van der Waals surface area contributed by atoms with Crippen LogP contribution in [0.5, 0.6) is 5.75 Å². The normalized spacial score (nSPS) is 10.7. The molecule has 7 heteroatoms. The number of hydrogen-bond donors (Lipinski definition) is 2. The summed E-state index contributed by atoms with van der Waals surface area (Å²) >= 11 is 0. The van der Waals surface area contributed by atoms with Gasteiger partial charge >= 0.3 is 0 Å². The molecule has 0 radical (unpaired) electrons. The Labute approximate surface area is 149 Å². The SMILES string of the molecule is COc1ccc(CNC(=O)CCn2[nH]c(=O)c3ccccc3c2=O)cc1. The van der Waals surface area contributed by atoms with Crippen molar-refractivity contribution in [1.29, 1.82) is 0 Å². The van der Waals surface area contributed by atoms with E-state index in [1.807, 2.05) is 24.3 Å². The Hall–Kier alpha value is -3.35. The van der Waals surface area contributed by atoms with Crippen LogP contribution in [0.3, 0.4) is 0 Å². The van der Waals surface area contributed by atoms with Crippen LogP contribution in [0, 0.1) is 0 Å². The van der Waals surface area contributed by atoms with Crippen molar-refractivity contribution >= 4 is 16.7 Å². The van der Waals surface area contributed by atoms with E-state index in [4.69, 9.17) is 4.74 Å². The van der Waals surface area contributed by atoms with E-state index in [0.717, 1.165) is 11.3 Å². The second-order valence-electron chi connectivity index (χ2n) is 5.82. The molecule has 0 saturated carbocycles. The van der Waals surface area contributed by atoms with E-state index in [0.29, 0.717) is 17.3 Å². The van der Waals surface area contributed by atoms with Gasteiger partial charge in [0.05, 0.1) is 24.4 Å². The molecule has 0 saturated heterocycles. The number of aryl methyl sites for hydroxylation is 1. The second-order valence-corrected chi connectivity index (χ2v) is 5.82. The number of nitrogens with one attached hydrogen (secondary N) is 2. The monoisotopic (exact) mass is 353 g/mol. The molecule has 0 spiro atoms. The maximum atomic E-state index is 12.4. The van der Waals surface area contributed by atoms with Gasteiger partial charge in [0.15, 0.2) is 0 Å². The topological polar surface area (TPSA) is 93.2 Å². The Balaban J connectivity index is 1.62. The van der Waals surface area contributed by atoms with E-state index in [1.165, 1.54) is 4.68 Å². The molecular formula is C19H19N3O4. The lowest BCUT2D eigenvalue weighted by Gasteiger charge is -2.08. The first-order valence-electron chi connectivity index (χ1n) is 8.20. The summed E-state index contributed by atoms with van der Waals surface area (Å²) in [6.45, 7) is 0.485. The van der Waals surface area contributed by atoms with Gasteiger partial charge in [0.25, 0.3) is 11.1 Å². The lowest BCUT2D eigenvalue weighted by Crippen LogP contribution is -2.32. The predicted molar refractivity (Wildman–Crippen MR) is 98.3 cm³/mol. The van der Waals surface area contributed by atoms with Crippen LogP contribution in [0.2, 0.25) is 0 Å². The predicted octanol–water partition coefficient (Wildman–Crippen LogP) is 1.40. The number of rotatable bonds is 6. The fourth-order valence-electron chi connectivity index (χ4n) is 2.65. The molecule has 1 amide bonds. The summed E-state index contributed by atoms with van der Waals surface area (Å²) in [5.74, 6) is 0.543. The molecule has 26 heavy (non-hydrogen) atoms. The minimum absolute atomic E-state index is 0.0876. The molecule has 3 rings (SSSR count). The Morgan fingerprint density at radius 3 is 2.46 bits per heavy atom. The number of carbonyl (C=O) groups is 1. The smallest absolute Gasteiger partial charge is 0.273 e. The highest BCUT2D eigenvalue weighted by molar-refractivity contribution is 5.80. The molecule has 0 bridgehead atoms. The molecule has 1 heterocycles. The lowest BCUT2D eigenvalue weighted by molar-refractivity contribution is -0.121. The van der Waals surface area contributed by atoms with E-state index in [-0.39, 0.29) is 30.0 Å². The van der Waals surface area contributed by atoms with Crippen LogP contribution in [0.1, 0.15) is 12.0 Å². The number of H-pyrrole nitrogens is 1. The zero-order valence-electron chi connectivity index (χ0n) is 14.3. The van der Waals surface area contributed by atoms with Gasteiger partial charge in [-0.05, 0) is 29.8 Å². The van der Waals surface area contributed by atoms with Gasteiger partial charge in [0, 0.05) is 13.0 Å². The van der Waals surface area contributed by atoms with Crippen molar-refractivity contribution in [2.45, 2.75) is 19.5 Å². The first-order valence-corrected chi connectivity index (χ1v) is 8.20. The second kappa shape index (κ2) is 7.69. The Morgan fingerprint density at radius 1 is 1.08 bits per heavy atom. The Bertz CT molecular complexity index is 1040. The van der Waals surface area contributed by atoms with Crippen molar-refractivity contribution in [3.63, 3.8) is 0 Å². The number of aromatic nitrogens is 2. The highest BCUT2D eigenvalue weighted by Gasteiger charge is 2.08. The summed E-state index contributed by atoms with van der Waals surface area (Å²) in [4.78, 5) is 36.4. The van der Waals surface area contributed by atoms with Crippen LogP contribution < -0.4 is 21.2 Å². The number of aromatic amines is 1. The van der Waals surface area contributed by atoms with Crippen molar-refractivity contribution in [2.75, 3.05) is 7.11 Å². The van der Waals surface area contributed by atoms with E-state index < -0.39 is 0 Å². The van der Waals surface area contributed by atoms with Gasteiger partial charge in [-0.15, -0.1) is 0 Å². The molecule has 0 unspecified atom stereocenters. The van der Waals surface area contributed by atoms with Gasteiger partial charge in [-0.3, -0.25) is 19.5 Å². The molecule has 0 atom stereocenters. The number of nitrogens with zero attached hydrogens (tertiary/aromatic N) is 1. The molecule has 0 aliphatic carbocycles. The first kappa shape index (κ1) is 17.5. The fraction of sp³-hybridized carbons (Fsp3) is 0.211. The summed E-state index contributed by atoms with van der Waals surface area (Å²) in [5, 5.41) is 5.99. The molecule has 2 N–H and O–H groups in total. The molecular weight excluding hydrogens is 334 g/mol. The maximum Gasteiger partial charge on any atom is 0.273 e. The number of methoxy groups -OCH3 is 1. The average molecular weight is 353 g/mol. The summed E-state index contributed by atoms with van der Waals surface area (Å²) in [5.41, 5.74) is 0.275. The minimum atomic E-state index is -0.348. The van der Waals surface area contributed by atoms with Crippen molar-refractivity contribution in [2.24, 2.45) is 0 Å². The highest BCUT2D eigenvalue weighted by Crippen LogP contribution is 2.11. The average Bonchev–Trinajstić information content (AvgIpc) is 2.68. The van der Waals surface area contributed by atoms with E-state index in [1.54, 1.807) is 31.4 Å². The van der Waals surface area contributed by atoms with Gasteiger partial charge < -0.3 is 10.1 Å². The van der Waals surface area contributed by atoms with Crippen LogP contribution in [-0.2, 0) is 17.9 Å². The Kier molecular flexibility index (Phi) is 5.17. The maximum absolute atomic E-state index is 12.4. The molecule has 134 valence electrons. The van der Waals surface area contributed by atoms with E-state index >= 15 is 0 Å². The van der Waals surface area contributed by atoms with Gasteiger partial charge in [0.1, 0.15) is 5.75 Å². The first-order chi connectivity index (χ1) is 12.6. The van der Waals surface area contributed by atoms with Crippen LogP contribution in [-0.4, -0.2) is 22.8 Å². The third-order valence-corrected chi connectivity index (χ3v) is 4.09. The van der Waals surface area contributed by atoms with Crippen molar-refractivity contribution in [1.82, 2.24) is 15.1 Å². The van der Waals surface area contributed by atoms with Crippen molar-refractivity contribution in [3.05, 3.63) is 74.8 Å². The van der Waals surface area contributed by atoms with Crippen LogP contribution >= 0.6 is 0 Å². The molecule has 0 aliphatic heterocycles. The minimum Gasteiger partial charge on any atom is -0.497 e. The highest BCUT2D eigenvalue weighted by atomic mass is 16.5. The van der Waals surface area contributed by atoms with E-state index in [2.05, 4.69) is 10.4 Å². The molecule has 0 fully saturated rings. The zero-order chi connectivity index (χ0) is 18.5. The summed E-state index contributed by atoms with van der Waals surface area (Å²) in [6, 6.07) is 14.0. The van der Waals surface area contributed by atoms with Gasteiger partial charge in [-0.2, -0.15) is 0 Å².